The van der Waals surface area contributed by atoms with E-state index in [1.165, 1.54) is 12.3 Å². The molecule has 2 aromatic carbocycles. The zero-order valence-corrected chi connectivity index (χ0v) is 15.6. The van der Waals surface area contributed by atoms with Crippen molar-refractivity contribution in [1.82, 2.24) is 9.97 Å². The van der Waals surface area contributed by atoms with Crippen molar-refractivity contribution in [3.05, 3.63) is 77.6 Å². The maximum Gasteiger partial charge on any atom is 0.340 e. The molecule has 28 heavy (non-hydrogen) atoms. The van der Waals surface area contributed by atoms with Gasteiger partial charge in [-0.2, -0.15) is 0 Å². The minimum absolute atomic E-state index is 0.170. The van der Waals surface area contributed by atoms with Crippen LogP contribution in [0.25, 0.3) is 0 Å². The molecule has 2 N–H and O–H groups in total. The van der Waals surface area contributed by atoms with E-state index in [1.54, 1.807) is 31.2 Å². The first-order valence-corrected chi connectivity index (χ1v) is 8.81. The Kier molecular flexibility index (Phi) is 5.96. The van der Waals surface area contributed by atoms with E-state index in [-0.39, 0.29) is 17.9 Å². The first-order valence-electron chi connectivity index (χ1n) is 8.81. The SMILES string of the molecule is CCOC(=O)c1ccccc1NC(=O)c1ccnc(Nc2ccc(C)cc2)n1. The maximum absolute atomic E-state index is 12.6. The predicted molar refractivity (Wildman–Crippen MR) is 107 cm³/mol. The third-order valence-corrected chi connectivity index (χ3v) is 3.87. The Hall–Kier alpha value is -3.74. The van der Waals surface area contributed by atoms with Crippen molar-refractivity contribution in [2.45, 2.75) is 13.8 Å². The fraction of sp³-hybridized carbons (Fsp3) is 0.143. The molecule has 7 nitrogen and oxygen atoms in total. The molecule has 3 aromatic rings. The molecule has 1 aromatic heterocycles. The Morgan fingerprint density at radius 1 is 1.04 bits per heavy atom. The summed E-state index contributed by atoms with van der Waals surface area (Å²) in [6, 6.07) is 15.9. The van der Waals surface area contributed by atoms with Crippen LogP contribution in [0, 0.1) is 6.92 Å². The zero-order chi connectivity index (χ0) is 19.9. The van der Waals surface area contributed by atoms with Crippen molar-refractivity contribution in [2.75, 3.05) is 17.2 Å². The first-order chi connectivity index (χ1) is 13.6. The lowest BCUT2D eigenvalue weighted by molar-refractivity contribution is 0.0527. The number of hydrogen-bond acceptors (Lipinski definition) is 6. The number of para-hydroxylation sites is 1. The lowest BCUT2D eigenvalue weighted by atomic mass is 10.1. The molecule has 0 aliphatic heterocycles. The van der Waals surface area contributed by atoms with E-state index in [9.17, 15) is 9.59 Å². The van der Waals surface area contributed by atoms with Crippen LogP contribution in [0.1, 0.15) is 33.3 Å². The Balaban J connectivity index is 1.77. The van der Waals surface area contributed by atoms with Gasteiger partial charge in [0.25, 0.3) is 5.91 Å². The third kappa shape index (κ3) is 4.70. The average molecular weight is 376 g/mol. The lowest BCUT2D eigenvalue weighted by Crippen LogP contribution is -2.17. The Morgan fingerprint density at radius 2 is 1.79 bits per heavy atom. The highest BCUT2D eigenvalue weighted by atomic mass is 16.5. The molecule has 0 bridgehead atoms. The molecule has 0 atom stereocenters. The van der Waals surface area contributed by atoms with Crippen molar-refractivity contribution < 1.29 is 14.3 Å². The van der Waals surface area contributed by atoms with Crippen LogP contribution in [-0.2, 0) is 4.74 Å². The Labute approximate surface area is 162 Å². The molecule has 1 heterocycles. The normalized spacial score (nSPS) is 10.2. The molecule has 0 radical (unpaired) electrons. The van der Waals surface area contributed by atoms with Gasteiger partial charge in [-0.25, -0.2) is 14.8 Å². The van der Waals surface area contributed by atoms with Crippen LogP contribution in [0.15, 0.2) is 60.8 Å². The monoisotopic (exact) mass is 376 g/mol. The van der Waals surface area contributed by atoms with E-state index in [1.807, 2.05) is 31.2 Å². The summed E-state index contributed by atoms with van der Waals surface area (Å²) in [4.78, 5) is 33.1. The third-order valence-electron chi connectivity index (χ3n) is 3.87. The molecule has 0 unspecified atom stereocenters. The van der Waals surface area contributed by atoms with Crippen molar-refractivity contribution in [2.24, 2.45) is 0 Å². The van der Waals surface area contributed by atoms with Crippen molar-refractivity contribution in [3.8, 4) is 0 Å². The largest absolute Gasteiger partial charge is 0.462 e. The highest BCUT2D eigenvalue weighted by Crippen LogP contribution is 2.18. The predicted octanol–water partition coefficient (Wildman–Crippen LogP) is 3.96. The van der Waals surface area contributed by atoms with Crippen LogP contribution in [0.5, 0.6) is 0 Å². The van der Waals surface area contributed by atoms with Gasteiger partial charge in [-0.05, 0) is 44.2 Å². The number of benzene rings is 2. The molecule has 0 fully saturated rings. The summed E-state index contributed by atoms with van der Waals surface area (Å²) in [6.07, 6.45) is 1.50. The van der Waals surface area contributed by atoms with Crippen LogP contribution < -0.4 is 10.6 Å². The second-order valence-electron chi connectivity index (χ2n) is 5.98. The number of amides is 1. The molecule has 1 amide bonds. The van der Waals surface area contributed by atoms with Gasteiger partial charge in [0.15, 0.2) is 0 Å². The van der Waals surface area contributed by atoms with Crippen LogP contribution >= 0.6 is 0 Å². The smallest absolute Gasteiger partial charge is 0.340 e. The number of carbonyl (C=O) groups is 2. The molecule has 0 aliphatic rings. The standard InChI is InChI=1S/C21H20N4O3/c1-3-28-20(27)16-6-4-5-7-17(16)24-19(26)18-12-13-22-21(25-18)23-15-10-8-14(2)9-11-15/h4-13H,3H2,1-2H3,(H,24,26)(H,22,23,25). The van der Waals surface area contributed by atoms with Gasteiger partial charge in [-0.15, -0.1) is 0 Å². The van der Waals surface area contributed by atoms with Gasteiger partial charge in [-0.3, -0.25) is 4.79 Å². The summed E-state index contributed by atoms with van der Waals surface area (Å²) in [6.45, 7) is 3.98. The molecular weight excluding hydrogens is 356 g/mol. The highest BCUT2D eigenvalue weighted by Gasteiger charge is 2.16. The molecule has 7 heteroatoms. The molecule has 0 saturated heterocycles. The summed E-state index contributed by atoms with van der Waals surface area (Å²) >= 11 is 0. The summed E-state index contributed by atoms with van der Waals surface area (Å²) in [5.41, 5.74) is 2.77. The second kappa shape index (κ2) is 8.77. The number of aryl methyl sites for hydroxylation is 1. The Morgan fingerprint density at radius 3 is 2.54 bits per heavy atom. The van der Waals surface area contributed by atoms with Crippen LogP contribution in [0.2, 0.25) is 0 Å². The number of nitrogens with zero attached hydrogens (tertiary/aromatic N) is 2. The van der Waals surface area contributed by atoms with Crippen LogP contribution in [0.4, 0.5) is 17.3 Å². The number of hydrogen-bond donors (Lipinski definition) is 2. The van der Waals surface area contributed by atoms with Gasteiger partial charge < -0.3 is 15.4 Å². The maximum atomic E-state index is 12.6. The van der Waals surface area contributed by atoms with E-state index in [4.69, 9.17) is 4.74 Å². The van der Waals surface area contributed by atoms with Gasteiger partial charge in [-0.1, -0.05) is 29.8 Å². The number of ether oxygens (including phenoxy) is 1. The summed E-state index contributed by atoms with van der Waals surface area (Å²) in [5, 5.41) is 5.77. The number of rotatable bonds is 6. The molecule has 0 aliphatic carbocycles. The summed E-state index contributed by atoms with van der Waals surface area (Å²) in [5.74, 6) is -0.649. The van der Waals surface area contributed by atoms with Crippen LogP contribution in [0.3, 0.4) is 0 Å². The number of nitrogens with one attached hydrogen (secondary N) is 2. The lowest BCUT2D eigenvalue weighted by Gasteiger charge is -2.10. The molecule has 0 saturated carbocycles. The van der Waals surface area contributed by atoms with Crippen molar-refractivity contribution in [1.29, 1.82) is 0 Å². The van der Waals surface area contributed by atoms with Gasteiger partial charge in [0.1, 0.15) is 5.69 Å². The minimum atomic E-state index is -0.497. The minimum Gasteiger partial charge on any atom is -0.462 e. The number of carbonyl (C=O) groups excluding carboxylic acids is 2. The topological polar surface area (TPSA) is 93.2 Å². The van der Waals surface area contributed by atoms with Crippen LogP contribution in [-0.4, -0.2) is 28.5 Å². The first kappa shape index (κ1) is 19.0. The van der Waals surface area contributed by atoms with Crippen molar-refractivity contribution in [3.63, 3.8) is 0 Å². The van der Waals surface area contributed by atoms with E-state index in [0.29, 0.717) is 11.6 Å². The van der Waals surface area contributed by atoms with Crippen molar-refractivity contribution >= 4 is 29.2 Å². The summed E-state index contributed by atoms with van der Waals surface area (Å²) < 4.78 is 5.02. The van der Waals surface area contributed by atoms with Gasteiger partial charge in [0.05, 0.1) is 17.9 Å². The van der Waals surface area contributed by atoms with Gasteiger partial charge in [0, 0.05) is 11.9 Å². The van der Waals surface area contributed by atoms with E-state index in [0.717, 1.165) is 11.3 Å². The highest BCUT2D eigenvalue weighted by molar-refractivity contribution is 6.07. The molecule has 142 valence electrons. The molecule has 3 rings (SSSR count). The fourth-order valence-corrected chi connectivity index (χ4v) is 2.48. The van der Waals surface area contributed by atoms with E-state index in [2.05, 4.69) is 20.6 Å². The number of aromatic nitrogens is 2. The molecular formula is C21H20N4O3. The number of anilines is 3. The average Bonchev–Trinajstić information content (AvgIpc) is 2.70. The quantitative estimate of drug-likeness (QED) is 0.633. The fourth-order valence-electron chi connectivity index (χ4n) is 2.48. The van der Waals surface area contributed by atoms with E-state index >= 15 is 0 Å². The zero-order valence-electron chi connectivity index (χ0n) is 15.6. The Bertz CT molecular complexity index is 987. The second-order valence-corrected chi connectivity index (χ2v) is 5.98. The number of esters is 1. The van der Waals surface area contributed by atoms with E-state index < -0.39 is 11.9 Å². The molecule has 0 spiro atoms. The van der Waals surface area contributed by atoms with Gasteiger partial charge >= 0.3 is 5.97 Å². The van der Waals surface area contributed by atoms with Gasteiger partial charge in [0.2, 0.25) is 5.95 Å². The summed E-state index contributed by atoms with van der Waals surface area (Å²) in [7, 11) is 0.